The van der Waals surface area contributed by atoms with E-state index < -0.39 is 11.1 Å². The summed E-state index contributed by atoms with van der Waals surface area (Å²) in [5, 5.41) is 12.5. The number of isothiocyanates is 1. The van der Waals surface area contributed by atoms with Crippen LogP contribution >= 0.6 is 12.2 Å². The van der Waals surface area contributed by atoms with Crippen LogP contribution in [-0.2, 0) is 0 Å². The molecule has 0 saturated heterocycles. The molecule has 0 aromatic heterocycles. The maximum Gasteiger partial charge on any atom is 0.337 e. The lowest BCUT2D eigenvalue weighted by atomic mass is 10.2. The third-order valence-corrected chi connectivity index (χ3v) is 1.58. The van der Waals surface area contributed by atoms with Gasteiger partial charge in [0.15, 0.2) is 0 Å². The molecule has 0 saturated carbocycles. The van der Waals surface area contributed by atoms with Gasteiger partial charge in [-0.15, -0.1) is 0 Å². The topological polar surface area (TPSA) is 55.5 Å². The fourth-order valence-electron chi connectivity index (χ4n) is 0.918. The van der Waals surface area contributed by atoms with E-state index in [2.05, 4.69) is 17.2 Å². The van der Waals surface area contributed by atoms with Crippen molar-refractivity contribution in [3.8, 4) is 0 Å². The van der Waals surface area contributed by atoms with Gasteiger partial charge in [0.05, 0.1) is 10.1 Å². The van der Waals surface area contributed by atoms with E-state index in [4.69, 9.17) is 0 Å². The highest BCUT2D eigenvalue weighted by Crippen LogP contribution is 2.16. The Labute approximate surface area is 80.1 Å². The summed E-state index contributed by atoms with van der Waals surface area (Å²) in [5.41, 5.74) is 0.504. The quantitative estimate of drug-likeness (QED) is 0.320. The van der Waals surface area contributed by atoms with Crippen LogP contribution < -0.4 is 0 Å². The first-order valence-electron chi connectivity index (χ1n) is 3.51. The second-order valence-electron chi connectivity index (χ2n) is 2.29. The summed E-state index contributed by atoms with van der Waals surface area (Å²) in [4.78, 5) is 13.5. The van der Waals surface area contributed by atoms with Crippen molar-refractivity contribution >= 4 is 17.4 Å². The lowest BCUT2D eigenvalue weighted by Crippen LogP contribution is -2.07. The number of rotatable bonds is 3. The van der Waals surface area contributed by atoms with Crippen LogP contribution in [0.5, 0.6) is 0 Å². The van der Waals surface area contributed by atoms with Crippen LogP contribution in [0.3, 0.4) is 0 Å². The molecule has 1 atom stereocenters. The molecule has 0 fully saturated rings. The van der Waals surface area contributed by atoms with Gasteiger partial charge in [0.2, 0.25) is 0 Å². The smallest absolute Gasteiger partial charge is 0.262 e. The average molecular weight is 194 g/mol. The van der Waals surface area contributed by atoms with Crippen LogP contribution in [0.15, 0.2) is 35.3 Å². The summed E-state index contributed by atoms with van der Waals surface area (Å²) >= 11 is 4.33. The van der Waals surface area contributed by atoms with Gasteiger partial charge in [-0.05, 0) is 24.4 Å². The zero-order chi connectivity index (χ0) is 9.68. The van der Waals surface area contributed by atoms with E-state index in [0.717, 1.165) is 0 Å². The van der Waals surface area contributed by atoms with Crippen molar-refractivity contribution < 1.29 is 4.92 Å². The third kappa shape index (κ3) is 2.43. The van der Waals surface area contributed by atoms with E-state index in [9.17, 15) is 10.1 Å². The number of nitrogens with zero attached hydrogens (tertiary/aromatic N) is 2. The van der Waals surface area contributed by atoms with Crippen LogP contribution in [0.25, 0.3) is 0 Å². The molecule has 0 N–H and O–H groups in total. The maximum absolute atomic E-state index is 10.5. The van der Waals surface area contributed by atoms with E-state index in [1.807, 2.05) is 5.16 Å². The molecule has 1 aromatic carbocycles. The highest BCUT2D eigenvalue weighted by molar-refractivity contribution is 7.78. The molecule has 0 spiro atoms. The van der Waals surface area contributed by atoms with Gasteiger partial charge >= 0.3 is 6.17 Å². The van der Waals surface area contributed by atoms with E-state index >= 15 is 0 Å². The number of nitro groups is 1. The molecule has 0 aliphatic rings. The molecule has 66 valence electrons. The van der Waals surface area contributed by atoms with Crippen LogP contribution in [0.1, 0.15) is 11.7 Å². The van der Waals surface area contributed by atoms with Gasteiger partial charge in [-0.1, -0.05) is 18.2 Å². The number of benzene rings is 1. The Morgan fingerprint density at radius 3 is 2.54 bits per heavy atom. The predicted molar refractivity (Wildman–Crippen MR) is 51.2 cm³/mol. The lowest BCUT2D eigenvalue weighted by Gasteiger charge is -2.01. The van der Waals surface area contributed by atoms with Gasteiger partial charge in [0.1, 0.15) is 0 Å². The van der Waals surface area contributed by atoms with E-state index in [1.54, 1.807) is 30.3 Å². The Morgan fingerprint density at radius 2 is 2.08 bits per heavy atom. The maximum atomic E-state index is 10.5. The second-order valence-corrected chi connectivity index (χ2v) is 2.47. The molecule has 0 heterocycles. The molecule has 5 heteroatoms. The summed E-state index contributed by atoms with van der Waals surface area (Å²) in [6, 6.07) is 8.46. The third-order valence-electron chi connectivity index (χ3n) is 1.47. The summed E-state index contributed by atoms with van der Waals surface area (Å²) in [6.45, 7) is 0. The van der Waals surface area contributed by atoms with Crippen LogP contribution in [-0.4, -0.2) is 10.1 Å². The Kier molecular flexibility index (Phi) is 3.25. The molecule has 1 rings (SSSR count). The number of thiocarbonyl (C=S) groups is 1. The molecule has 0 aliphatic carbocycles. The van der Waals surface area contributed by atoms with Crippen LogP contribution in [0.2, 0.25) is 0 Å². The van der Waals surface area contributed by atoms with Crippen molar-refractivity contribution in [1.29, 1.82) is 0 Å². The van der Waals surface area contributed by atoms with Gasteiger partial charge in [-0.25, -0.2) is 0 Å². The van der Waals surface area contributed by atoms with Gasteiger partial charge in [0, 0.05) is 5.56 Å². The minimum absolute atomic E-state index is 0.504. The van der Waals surface area contributed by atoms with E-state index in [0.29, 0.717) is 5.56 Å². The molecule has 0 aliphatic heterocycles. The Balaban J connectivity index is 3.02. The molecule has 1 unspecified atom stereocenters. The Bertz CT molecular complexity index is 344. The van der Waals surface area contributed by atoms with Crippen molar-refractivity contribution in [3.63, 3.8) is 0 Å². The second kappa shape index (κ2) is 4.45. The monoisotopic (exact) mass is 194 g/mol. The zero-order valence-electron chi connectivity index (χ0n) is 6.58. The minimum atomic E-state index is -1.13. The summed E-state index contributed by atoms with van der Waals surface area (Å²) in [7, 11) is 0. The first kappa shape index (κ1) is 9.51. The summed E-state index contributed by atoms with van der Waals surface area (Å²) in [5.74, 6) is 0. The van der Waals surface area contributed by atoms with Crippen molar-refractivity contribution in [1.82, 2.24) is 0 Å². The zero-order valence-corrected chi connectivity index (χ0v) is 7.40. The molecule has 4 nitrogen and oxygen atoms in total. The summed E-state index contributed by atoms with van der Waals surface area (Å²) < 4.78 is 0. The van der Waals surface area contributed by atoms with E-state index in [1.165, 1.54) is 0 Å². The highest BCUT2D eigenvalue weighted by Gasteiger charge is 2.19. The molecule has 0 radical (unpaired) electrons. The average Bonchev–Trinajstić information content (AvgIpc) is 2.15. The standard InChI is InChI=1S/C8H6N2O2S/c11-10(12)8(9-6-13)7-4-2-1-3-5-7/h1-5,8H. The Hall–Kier alpha value is -1.58. The van der Waals surface area contributed by atoms with Crippen molar-refractivity contribution in [2.45, 2.75) is 6.17 Å². The number of aliphatic imine (C=N–C) groups is 1. The van der Waals surface area contributed by atoms with Crippen molar-refractivity contribution in [2.24, 2.45) is 4.99 Å². The first-order chi connectivity index (χ1) is 6.25. The Morgan fingerprint density at radius 1 is 1.46 bits per heavy atom. The molecular formula is C8H6N2O2S. The SMILES string of the molecule is O=[N+]([O-])C(N=C=S)c1ccccc1. The summed E-state index contributed by atoms with van der Waals surface area (Å²) in [6.07, 6.45) is -1.13. The van der Waals surface area contributed by atoms with Gasteiger partial charge < -0.3 is 0 Å². The van der Waals surface area contributed by atoms with Gasteiger partial charge in [0.25, 0.3) is 0 Å². The number of hydrogen-bond donors (Lipinski definition) is 0. The van der Waals surface area contributed by atoms with Crippen LogP contribution in [0, 0.1) is 10.1 Å². The largest absolute Gasteiger partial charge is 0.337 e. The minimum Gasteiger partial charge on any atom is -0.262 e. The fraction of sp³-hybridized carbons (Fsp3) is 0.125. The molecule has 0 bridgehead atoms. The number of hydrogen-bond acceptors (Lipinski definition) is 4. The van der Waals surface area contributed by atoms with Crippen LogP contribution in [0.4, 0.5) is 0 Å². The molecule has 13 heavy (non-hydrogen) atoms. The normalized spacial score (nSPS) is 11.4. The molecular weight excluding hydrogens is 188 g/mol. The van der Waals surface area contributed by atoms with Crippen molar-refractivity contribution in [3.05, 3.63) is 46.0 Å². The predicted octanol–water partition coefficient (Wildman–Crippen LogP) is 2.06. The van der Waals surface area contributed by atoms with E-state index in [-0.39, 0.29) is 0 Å². The van der Waals surface area contributed by atoms with Gasteiger partial charge in [-0.2, -0.15) is 4.99 Å². The molecule has 0 amide bonds. The lowest BCUT2D eigenvalue weighted by molar-refractivity contribution is -0.526. The first-order valence-corrected chi connectivity index (χ1v) is 3.92. The molecule has 1 aromatic rings. The van der Waals surface area contributed by atoms with Gasteiger partial charge in [-0.3, -0.25) is 10.1 Å². The highest BCUT2D eigenvalue weighted by atomic mass is 32.1. The fourth-order valence-corrected chi connectivity index (χ4v) is 1.02. The van der Waals surface area contributed by atoms with Crippen molar-refractivity contribution in [2.75, 3.05) is 0 Å².